The zero-order valence-electron chi connectivity index (χ0n) is 15.2. The molecule has 0 saturated heterocycles. The maximum absolute atomic E-state index is 13.4. The summed E-state index contributed by atoms with van der Waals surface area (Å²) in [4.78, 5) is 0.287. The van der Waals surface area contributed by atoms with E-state index in [0.717, 1.165) is 21.3 Å². The van der Waals surface area contributed by atoms with Crippen molar-refractivity contribution in [1.82, 2.24) is 4.31 Å². The molecule has 0 bridgehead atoms. The van der Waals surface area contributed by atoms with Gasteiger partial charge in [0.1, 0.15) is 16.8 Å². The van der Waals surface area contributed by atoms with E-state index in [1.54, 1.807) is 25.3 Å². The molecule has 5 nitrogen and oxygen atoms in total. The maximum atomic E-state index is 13.4. The molecule has 1 N–H and O–H groups in total. The minimum atomic E-state index is -3.68. The van der Waals surface area contributed by atoms with E-state index in [2.05, 4.69) is 21.2 Å². The summed E-state index contributed by atoms with van der Waals surface area (Å²) in [7, 11) is -2.08. The van der Waals surface area contributed by atoms with Gasteiger partial charge in [0.2, 0.25) is 10.0 Å². The van der Waals surface area contributed by atoms with Crippen molar-refractivity contribution < 1.29 is 13.2 Å². The smallest absolute Gasteiger partial charge is 0.247 e. The number of methoxy groups -OCH3 is 1. The van der Waals surface area contributed by atoms with Gasteiger partial charge in [0.05, 0.1) is 12.8 Å². The first-order chi connectivity index (χ1) is 13.5. The highest BCUT2D eigenvalue weighted by Crippen LogP contribution is 2.39. The number of nitrogens with zero attached hydrogens (tertiary/aromatic N) is 1. The van der Waals surface area contributed by atoms with Crippen molar-refractivity contribution in [2.45, 2.75) is 17.6 Å². The number of rotatable bonds is 4. The summed E-state index contributed by atoms with van der Waals surface area (Å²) in [6, 6.07) is 22.1. The van der Waals surface area contributed by atoms with Gasteiger partial charge in [0, 0.05) is 11.0 Å². The van der Waals surface area contributed by atoms with Crippen LogP contribution in [0.15, 0.2) is 82.2 Å². The van der Waals surface area contributed by atoms with Crippen LogP contribution in [0.3, 0.4) is 0 Å². The fourth-order valence-corrected chi connectivity index (χ4v) is 5.40. The quantitative estimate of drug-likeness (QED) is 0.611. The third-order valence-electron chi connectivity index (χ3n) is 4.72. The number of para-hydroxylation sites is 1. The standard InChI is InChI=1S/C21H19BrN2O3S/c1-27-18-11-9-15(10-12-18)14-24-21(16-5-4-6-17(22)13-16)23-19-7-2-3-8-20(19)28(24,25)26/h2-13,21,23H,14H2,1H3. The molecule has 144 valence electrons. The third kappa shape index (κ3) is 3.53. The number of anilines is 1. The monoisotopic (exact) mass is 458 g/mol. The van der Waals surface area contributed by atoms with Crippen LogP contribution < -0.4 is 10.1 Å². The highest BCUT2D eigenvalue weighted by atomic mass is 79.9. The molecule has 1 aliphatic rings. The second-order valence-electron chi connectivity index (χ2n) is 6.50. The number of benzene rings is 3. The van der Waals surface area contributed by atoms with Crippen molar-refractivity contribution in [2.75, 3.05) is 12.4 Å². The zero-order chi connectivity index (χ0) is 19.7. The fourth-order valence-electron chi connectivity index (χ4n) is 3.31. The van der Waals surface area contributed by atoms with Crippen molar-refractivity contribution in [3.63, 3.8) is 0 Å². The Balaban J connectivity index is 1.80. The Hall–Kier alpha value is -2.35. The average molecular weight is 459 g/mol. The van der Waals surface area contributed by atoms with Gasteiger partial charge < -0.3 is 10.1 Å². The number of ether oxygens (including phenoxy) is 1. The number of sulfonamides is 1. The van der Waals surface area contributed by atoms with Crippen LogP contribution in [-0.4, -0.2) is 19.8 Å². The van der Waals surface area contributed by atoms with E-state index < -0.39 is 16.2 Å². The average Bonchev–Trinajstić information content (AvgIpc) is 2.70. The van der Waals surface area contributed by atoms with Crippen LogP contribution in [-0.2, 0) is 16.6 Å². The van der Waals surface area contributed by atoms with Crippen molar-refractivity contribution >= 4 is 31.6 Å². The summed E-state index contributed by atoms with van der Waals surface area (Å²) >= 11 is 3.48. The lowest BCUT2D eigenvalue weighted by molar-refractivity contribution is 0.336. The molecule has 0 fully saturated rings. The summed E-state index contributed by atoms with van der Waals surface area (Å²) in [6.45, 7) is 0.241. The normalized spacial score (nSPS) is 18.1. The van der Waals surface area contributed by atoms with Crippen LogP contribution in [0.25, 0.3) is 0 Å². The van der Waals surface area contributed by atoms with Crippen LogP contribution >= 0.6 is 15.9 Å². The topological polar surface area (TPSA) is 58.6 Å². The van der Waals surface area contributed by atoms with Gasteiger partial charge in [-0.25, -0.2) is 8.42 Å². The molecule has 0 radical (unpaired) electrons. The Morgan fingerprint density at radius 1 is 1.04 bits per heavy atom. The summed E-state index contributed by atoms with van der Waals surface area (Å²) in [5.41, 5.74) is 2.35. The van der Waals surface area contributed by atoms with Crippen LogP contribution in [0.4, 0.5) is 5.69 Å². The minimum Gasteiger partial charge on any atom is -0.497 e. The van der Waals surface area contributed by atoms with E-state index in [9.17, 15) is 8.42 Å². The molecule has 3 aromatic carbocycles. The lowest BCUT2D eigenvalue weighted by Crippen LogP contribution is -2.42. The molecule has 28 heavy (non-hydrogen) atoms. The van der Waals surface area contributed by atoms with Crippen molar-refractivity contribution in [3.05, 3.63) is 88.4 Å². The van der Waals surface area contributed by atoms with Crippen molar-refractivity contribution in [2.24, 2.45) is 0 Å². The van der Waals surface area contributed by atoms with Gasteiger partial charge in [-0.2, -0.15) is 4.31 Å². The minimum absolute atomic E-state index is 0.241. The van der Waals surface area contributed by atoms with Gasteiger partial charge in [-0.3, -0.25) is 0 Å². The lowest BCUT2D eigenvalue weighted by Gasteiger charge is -2.37. The maximum Gasteiger partial charge on any atom is 0.247 e. The van der Waals surface area contributed by atoms with Gasteiger partial charge in [-0.05, 0) is 47.5 Å². The number of hydrogen-bond acceptors (Lipinski definition) is 4. The molecule has 0 aliphatic carbocycles. The highest BCUT2D eigenvalue weighted by molar-refractivity contribution is 9.10. The van der Waals surface area contributed by atoms with Crippen molar-refractivity contribution in [1.29, 1.82) is 0 Å². The van der Waals surface area contributed by atoms with Crippen LogP contribution in [0.1, 0.15) is 17.3 Å². The van der Waals surface area contributed by atoms with Gasteiger partial charge in [0.15, 0.2) is 0 Å². The Labute approximate surface area is 173 Å². The molecule has 1 heterocycles. The summed E-state index contributed by atoms with van der Waals surface area (Å²) in [5, 5.41) is 3.39. The number of nitrogens with one attached hydrogen (secondary N) is 1. The predicted octanol–water partition coefficient (Wildman–Crippen LogP) is 4.77. The first kappa shape index (κ1) is 19.0. The molecule has 1 atom stereocenters. The molecule has 0 amide bonds. The van der Waals surface area contributed by atoms with Crippen LogP contribution in [0, 0.1) is 0 Å². The van der Waals surface area contributed by atoms with E-state index in [0.29, 0.717) is 5.69 Å². The summed E-state index contributed by atoms with van der Waals surface area (Å²) in [6.07, 6.45) is -0.514. The molecular weight excluding hydrogens is 440 g/mol. The number of hydrogen-bond donors (Lipinski definition) is 1. The van der Waals surface area contributed by atoms with Crippen LogP contribution in [0.2, 0.25) is 0 Å². The SMILES string of the molecule is COc1ccc(CN2C(c3cccc(Br)c3)Nc3ccccc3S2(=O)=O)cc1. The molecule has 1 unspecified atom stereocenters. The predicted molar refractivity (Wildman–Crippen MR) is 113 cm³/mol. The zero-order valence-corrected chi connectivity index (χ0v) is 17.6. The molecule has 0 saturated carbocycles. The molecule has 1 aliphatic heterocycles. The van der Waals surface area contributed by atoms with E-state index in [-0.39, 0.29) is 11.4 Å². The second-order valence-corrected chi connectivity index (χ2v) is 9.27. The molecular formula is C21H19BrN2O3S. The molecule has 0 aromatic heterocycles. The van der Waals surface area contributed by atoms with Crippen molar-refractivity contribution in [3.8, 4) is 5.75 Å². The Bertz CT molecular complexity index is 1100. The second kappa shape index (κ2) is 7.58. The number of fused-ring (bicyclic) bond motifs is 1. The van der Waals surface area contributed by atoms with Gasteiger partial charge in [0.25, 0.3) is 0 Å². The molecule has 0 spiro atoms. The fraction of sp³-hybridized carbons (Fsp3) is 0.143. The Morgan fingerprint density at radius 2 is 1.79 bits per heavy atom. The molecule has 7 heteroatoms. The van der Waals surface area contributed by atoms with E-state index in [1.807, 2.05) is 54.6 Å². The molecule has 4 rings (SSSR count). The first-order valence-electron chi connectivity index (χ1n) is 8.75. The Morgan fingerprint density at radius 3 is 2.50 bits per heavy atom. The first-order valence-corrected chi connectivity index (χ1v) is 11.0. The highest BCUT2D eigenvalue weighted by Gasteiger charge is 2.38. The van der Waals surface area contributed by atoms with E-state index in [4.69, 9.17) is 4.74 Å². The van der Waals surface area contributed by atoms with Gasteiger partial charge >= 0.3 is 0 Å². The largest absolute Gasteiger partial charge is 0.497 e. The lowest BCUT2D eigenvalue weighted by atomic mass is 10.1. The summed E-state index contributed by atoms with van der Waals surface area (Å²) < 4.78 is 34.5. The van der Waals surface area contributed by atoms with Crippen LogP contribution in [0.5, 0.6) is 5.75 Å². The summed E-state index contributed by atoms with van der Waals surface area (Å²) in [5.74, 6) is 0.734. The third-order valence-corrected chi connectivity index (χ3v) is 7.08. The molecule has 3 aromatic rings. The van der Waals surface area contributed by atoms with Gasteiger partial charge in [-0.1, -0.05) is 52.3 Å². The van der Waals surface area contributed by atoms with E-state index >= 15 is 0 Å². The number of halogens is 1. The van der Waals surface area contributed by atoms with E-state index in [1.165, 1.54) is 4.31 Å². The van der Waals surface area contributed by atoms with Gasteiger partial charge in [-0.15, -0.1) is 0 Å². The Kier molecular flexibility index (Phi) is 5.14.